The first-order valence-corrected chi connectivity index (χ1v) is 10.5. The minimum absolute atomic E-state index is 0. The number of hydrogen-bond acceptors (Lipinski definition) is 3. The van der Waals surface area contributed by atoms with Gasteiger partial charge in [0.05, 0.1) is 17.3 Å². The van der Waals surface area contributed by atoms with Gasteiger partial charge in [-0.05, 0) is 38.0 Å². The normalized spacial score (nSPS) is 19.5. The molecule has 0 unspecified atom stereocenters. The van der Waals surface area contributed by atoms with E-state index in [1.165, 1.54) is 0 Å². The van der Waals surface area contributed by atoms with Gasteiger partial charge < -0.3 is 14.8 Å². The second-order valence-corrected chi connectivity index (χ2v) is 9.24. The van der Waals surface area contributed by atoms with Gasteiger partial charge in [-0.3, -0.25) is 0 Å². The molecule has 0 heterocycles. The Morgan fingerprint density at radius 3 is 2.32 bits per heavy atom. The van der Waals surface area contributed by atoms with Gasteiger partial charge in [0.2, 0.25) is 0 Å². The van der Waals surface area contributed by atoms with Gasteiger partial charge in [-0.25, -0.2) is 0 Å². The summed E-state index contributed by atoms with van der Waals surface area (Å²) >= 11 is 1.57. The summed E-state index contributed by atoms with van der Waals surface area (Å²) in [5, 5.41) is 4.61. The van der Waals surface area contributed by atoms with E-state index >= 15 is 0 Å². The van der Waals surface area contributed by atoms with Crippen LogP contribution in [0.4, 0.5) is 0 Å². The van der Waals surface area contributed by atoms with Gasteiger partial charge in [0.15, 0.2) is 0 Å². The molecule has 0 bridgehead atoms. The Labute approximate surface area is 185 Å². The van der Waals surface area contributed by atoms with Crippen LogP contribution in [0.3, 0.4) is 0 Å². The molecular weight excluding hydrogens is 361 g/mol. The molecule has 2 aromatic rings. The largest absolute Gasteiger partial charge is 1.00 e. The molecule has 5 heteroatoms. The smallest absolute Gasteiger partial charge is 0.647 e. The number of amides is 1. The maximum atomic E-state index is 12.9. The molecular formula is C23H28LiNO2S. The van der Waals surface area contributed by atoms with Crippen molar-refractivity contribution < 1.29 is 28.4 Å². The van der Waals surface area contributed by atoms with Gasteiger partial charge in [0.25, 0.3) is 0 Å². The fraction of sp³-hybridized carbons (Fsp3) is 0.435. The zero-order chi connectivity index (χ0) is 19.1. The average molecular weight is 389 g/mol. The summed E-state index contributed by atoms with van der Waals surface area (Å²) in [5.41, 5.74) is 1.16. The van der Waals surface area contributed by atoms with E-state index in [-0.39, 0.29) is 36.9 Å². The van der Waals surface area contributed by atoms with E-state index < -0.39 is 4.75 Å². The zero-order valence-corrected chi connectivity index (χ0v) is 18.0. The standard InChI is InChI=1S/C23H29NO2S.Li/c1-23(2,27-19-13-7-4-8-14-19)22(25)24-20-15-9-10-16-21(20)26-17-18-11-5-3-6-12-18;/h3-8,11-14,20-21H,9-10,15-17H2,1-2H3,(H,24,25);/q;+1/p-1/t20-,21-;/m1./s1. The van der Waals surface area contributed by atoms with Crippen LogP contribution >= 0.6 is 11.8 Å². The zero-order valence-electron chi connectivity index (χ0n) is 17.1. The van der Waals surface area contributed by atoms with Gasteiger partial charge in [-0.15, -0.1) is 11.8 Å². The number of carbonyl (C=O) groups is 1. The molecule has 0 saturated heterocycles. The van der Waals surface area contributed by atoms with Crippen molar-refractivity contribution in [2.75, 3.05) is 0 Å². The van der Waals surface area contributed by atoms with E-state index in [0.717, 1.165) is 36.1 Å². The van der Waals surface area contributed by atoms with Crippen molar-refractivity contribution in [3.05, 3.63) is 71.5 Å². The first-order chi connectivity index (χ1) is 13.0. The fourth-order valence-corrected chi connectivity index (χ4v) is 4.35. The first kappa shape index (κ1) is 23.1. The van der Waals surface area contributed by atoms with Crippen LogP contribution in [0.5, 0.6) is 0 Å². The van der Waals surface area contributed by atoms with E-state index in [4.69, 9.17) is 4.74 Å². The van der Waals surface area contributed by atoms with Gasteiger partial charge >= 0.3 is 18.9 Å². The van der Waals surface area contributed by atoms with Crippen molar-refractivity contribution in [3.63, 3.8) is 0 Å². The van der Waals surface area contributed by atoms with Gasteiger partial charge in [0.1, 0.15) is 0 Å². The maximum absolute atomic E-state index is 12.9. The number of hydrogen-bond donors (Lipinski definition) is 0. The Balaban J connectivity index is 0.00000280. The summed E-state index contributed by atoms with van der Waals surface area (Å²) < 4.78 is 5.58. The topological polar surface area (TPSA) is 40.4 Å². The Bertz CT molecular complexity index is 724. The number of nitrogens with zero attached hydrogens (tertiary/aromatic N) is 1. The van der Waals surface area contributed by atoms with Crippen molar-refractivity contribution in [1.29, 1.82) is 0 Å². The van der Waals surface area contributed by atoms with Crippen molar-refractivity contribution >= 4 is 17.7 Å². The van der Waals surface area contributed by atoms with Crippen molar-refractivity contribution in [1.82, 2.24) is 0 Å². The average Bonchev–Trinajstić information content (AvgIpc) is 2.68. The van der Waals surface area contributed by atoms with Gasteiger partial charge in [-0.2, -0.15) is 0 Å². The molecule has 3 nitrogen and oxygen atoms in total. The Hall–Kier alpha value is -1.18. The fourth-order valence-electron chi connectivity index (χ4n) is 3.33. The molecule has 2 atom stereocenters. The van der Waals surface area contributed by atoms with Crippen LogP contribution < -0.4 is 18.9 Å². The summed E-state index contributed by atoms with van der Waals surface area (Å²) in [4.78, 5) is 14.0. The number of ether oxygens (including phenoxy) is 1. The van der Waals surface area contributed by atoms with Crippen LogP contribution in [0.1, 0.15) is 45.1 Å². The Kier molecular flexibility index (Phi) is 9.17. The van der Waals surface area contributed by atoms with E-state index in [0.29, 0.717) is 6.61 Å². The molecule has 1 amide bonds. The molecule has 144 valence electrons. The second-order valence-electron chi connectivity index (χ2n) is 7.55. The molecule has 1 fully saturated rings. The van der Waals surface area contributed by atoms with Crippen molar-refractivity contribution in [3.8, 4) is 0 Å². The van der Waals surface area contributed by atoms with Crippen LogP contribution in [0.15, 0.2) is 65.6 Å². The van der Waals surface area contributed by atoms with E-state index in [2.05, 4.69) is 17.4 Å². The predicted molar refractivity (Wildman–Crippen MR) is 112 cm³/mol. The van der Waals surface area contributed by atoms with Crippen molar-refractivity contribution in [2.24, 2.45) is 0 Å². The molecule has 28 heavy (non-hydrogen) atoms. The summed E-state index contributed by atoms with van der Waals surface area (Å²) in [5.74, 6) is -0.0448. The molecule has 0 spiro atoms. The van der Waals surface area contributed by atoms with E-state index in [1.54, 1.807) is 11.8 Å². The van der Waals surface area contributed by atoms with Crippen LogP contribution in [0.25, 0.3) is 5.32 Å². The van der Waals surface area contributed by atoms with Crippen LogP contribution in [-0.4, -0.2) is 22.8 Å². The third kappa shape index (κ3) is 6.71. The maximum Gasteiger partial charge on any atom is 1.00 e. The van der Waals surface area contributed by atoms with E-state index in [9.17, 15) is 4.79 Å². The number of thioether (sulfide) groups is 1. The van der Waals surface area contributed by atoms with Gasteiger partial charge in [0, 0.05) is 11.0 Å². The molecule has 3 rings (SSSR count). The minimum atomic E-state index is -0.581. The summed E-state index contributed by atoms with van der Waals surface area (Å²) in [7, 11) is 0. The van der Waals surface area contributed by atoms with Crippen LogP contribution in [-0.2, 0) is 16.1 Å². The molecule has 0 radical (unpaired) electrons. The van der Waals surface area contributed by atoms with E-state index in [1.807, 2.05) is 62.4 Å². The number of carbonyl (C=O) groups excluding carboxylic acids is 1. The third-order valence-electron chi connectivity index (χ3n) is 4.89. The Morgan fingerprint density at radius 1 is 1.04 bits per heavy atom. The Morgan fingerprint density at radius 2 is 1.64 bits per heavy atom. The number of benzene rings is 2. The van der Waals surface area contributed by atoms with Crippen LogP contribution in [0.2, 0.25) is 0 Å². The third-order valence-corrected chi connectivity index (χ3v) is 6.08. The molecule has 1 aliphatic carbocycles. The summed E-state index contributed by atoms with van der Waals surface area (Å²) in [6, 6.07) is 20.2. The summed E-state index contributed by atoms with van der Waals surface area (Å²) in [6.07, 6.45) is 4.18. The molecule has 0 N–H and O–H groups in total. The molecule has 2 aromatic carbocycles. The molecule has 0 aliphatic heterocycles. The SMILES string of the molecule is CC(C)(Sc1ccccc1)C(=O)[N-][C@@H]1CCCC[C@H]1OCc1ccccc1.[Li+]. The quantitative estimate of drug-likeness (QED) is 0.540. The molecule has 1 saturated carbocycles. The minimum Gasteiger partial charge on any atom is -0.647 e. The number of rotatable bonds is 7. The first-order valence-electron chi connectivity index (χ1n) is 9.69. The van der Waals surface area contributed by atoms with Crippen LogP contribution in [0, 0.1) is 0 Å². The second kappa shape index (κ2) is 11.1. The molecule has 0 aromatic heterocycles. The predicted octanol–water partition coefficient (Wildman–Crippen LogP) is 2.99. The van der Waals surface area contributed by atoms with Gasteiger partial charge in [-0.1, -0.05) is 73.8 Å². The summed E-state index contributed by atoms with van der Waals surface area (Å²) in [6.45, 7) is 4.49. The molecule has 1 aliphatic rings. The van der Waals surface area contributed by atoms with Crippen molar-refractivity contribution in [2.45, 2.75) is 67.9 Å². The monoisotopic (exact) mass is 389 g/mol.